The molecule has 0 saturated carbocycles. The Balaban J connectivity index is 1.69. The number of benzene rings is 1. The van der Waals surface area contributed by atoms with E-state index in [2.05, 4.69) is 5.10 Å². The van der Waals surface area contributed by atoms with Gasteiger partial charge in [-0.3, -0.25) is 14.9 Å². The summed E-state index contributed by atoms with van der Waals surface area (Å²) in [7, 11) is 0. The van der Waals surface area contributed by atoms with Crippen LogP contribution >= 0.6 is 24.0 Å². The molecule has 3 rings (SSSR count). The molecule has 1 aromatic heterocycles. The van der Waals surface area contributed by atoms with Crippen LogP contribution in [0.4, 0.5) is 10.3 Å². The number of nitro groups is 1. The van der Waals surface area contributed by atoms with Crippen LogP contribution in [0.1, 0.15) is 11.3 Å². The molecule has 0 atom stereocenters. The molecule has 7 nitrogen and oxygen atoms in total. The first-order chi connectivity index (χ1) is 12.9. The Labute approximate surface area is 162 Å². The normalized spacial score (nSPS) is 16.3. The lowest BCUT2D eigenvalue weighted by Gasteiger charge is -2.05. The zero-order chi connectivity index (χ0) is 19.4. The summed E-state index contributed by atoms with van der Waals surface area (Å²) in [5.74, 6) is -0.855. The number of amides is 1. The maximum Gasteiger partial charge on any atom is 0.433 e. The van der Waals surface area contributed by atoms with E-state index < -0.39 is 10.8 Å². The molecule has 10 heteroatoms. The van der Waals surface area contributed by atoms with Gasteiger partial charge in [-0.15, -0.1) is 0 Å². The van der Waals surface area contributed by atoms with Gasteiger partial charge in [0.1, 0.15) is 16.5 Å². The highest BCUT2D eigenvalue weighted by Crippen LogP contribution is 2.31. The van der Waals surface area contributed by atoms with E-state index >= 15 is 0 Å². The Kier molecular flexibility index (Phi) is 5.57. The Morgan fingerprint density at radius 1 is 1.26 bits per heavy atom. The summed E-state index contributed by atoms with van der Waals surface area (Å²) in [5, 5.41) is 15.7. The number of allylic oxidation sites excluding steroid dienone is 2. The minimum absolute atomic E-state index is 0.256. The second-order valence-electron chi connectivity index (χ2n) is 5.10. The van der Waals surface area contributed by atoms with Crippen molar-refractivity contribution in [1.29, 1.82) is 0 Å². The number of halogens is 1. The Morgan fingerprint density at radius 2 is 2.00 bits per heavy atom. The van der Waals surface area contributed by atoms with Crippen molar-refractivity contribution in [2.24, 2.45) is 5.10 Å². The van der Waals surface area contributed by atoms with Crippen LogP contribution in [0.5, 0.6) is 0 Å². The summed E-state index contributed by atoms with van der Waals surface area (Å²) in [6.45, 7) is 0. The molecule has 0 radical (unpaired) electrons. The summed E-state index contributed by atoms with van der Waals surface area (Å²) in [5.41, 5.74) is 0.619. The van der Waals surface area contributed by atoms with Crippen molar-refractivity contribution in [3.8, 4) is 0 Å². The van der Waals surface area contributed by atoms with E-state index in [0.717, 1.165) is 16.8 Å². The SMILES string of the molecule is O=C1/C(=C\C=C\c2ccc([N+](=O)[O-])o2)SC(=S)N1/N=C/c1ccc(F)cc1. The first-order valence-electron chi connectivity index (χ1n) is 7.42. The van der Waals surface area contributed by atoms with E-state index in [1.807, 2.05) is 0 Å². The van der Waals surface area contributed by atoms with Crippen molar-refractivity contribution >= 4 is 52.4 Å². The Morgan fingerprint density at radius 3 is 2.67 bits per heavy atom. The molecule has 0 aliphatic carbocycles. The van der Waals surface area contributed by atoms with Gasteiger partial charge in [0.25, 0.3) is 5.91 Å². The molecule has 0 spiro atoms. The number of furan rings is 1. The number of hydrogen-bond donors (Lipinski definition) is 0. The van der Waals surface area contributed by atoms with Gasteiger partial charge in [0, 0.05) is 0 Å². The van der Waals surface area contributed by atoms with Crippen molar-refractivity contribution in [3.05, 3.63) is 80.7 Å². The summed E-state index contributed by atoms with van der Waals surface area (Å²) in [6, 6.07) is 8.31. The third-order valence-corrected chi connectivity index (χ3v) is 4.57. The first-order valence-corrected chi connectivity index (χ1v) is 8.65. The Bertz CT molecular complexity index is 996. The van der Waals surface area contributed by atoms with E-state index in [-0.39, 0.29) is 21.8 Å². The van der Waals surface area contributed by atoms with E-state index in [9.17, 15) is 19.3 Å². The zero-order valence-corrected chi connectivity index (χ0v) is 15.1. The monoisotopic (exact) mass is 403 g/mol. The fourth-order valence-corrected chi connectivity index (χ4v) is 3.13. The minimum atomic E-state index is -0.637. The highest BCUT2D eigenvalue weighted by molar-refractivity contribution is 8.26. The predicted octanol–water partition coefficient (Wildman–Crippen LogP) is 4.12. The van der Waals surface area contributed by atoms with Gasteiger partial charge < -0.3 is 4.42 Å². The fourth-order valence-electron chi connectivity index (χ4n) is 2.01. The van der Waals surface area contributed by atoms with E-state index in [1.54, 1.807) is 0 Å². The van der Waals surface area contributed by atoms with Gasteiger partial charge >= 0.3 is 5.88 Å². The van der Waals surface area contributed by atoms with Crippen molar-refractivity contribution in [1.82, 2.24) is 5.01 Å². The topological polar surface area (TPSA) is 88.9 Å². The molecule has 27 heavy (non-hydrogen) atoms. The average molecular weight is 403 g/mol. The average Bonchev–Trinajstić information content (AvgIpc) is 3.21. The quantitative estimate of drug-likeness (QED) is 0.245. The Hall–Kier alpha value is -3.11. The molecule has 1 aromatic carbocycles. The van der Waals surface area contributed by atoms with Crippen LogP contribution in [0.2, 0.25) is 0 Å². The van der Waals surface area contributed by atoms with Crippen LogP contribution in [0.25, 0.3) is 6.08 Å². The maximum atomic E-state index is 12.9. The first kappa shape index (κ1) is 18.7. The zero-order valence-electron chi connectivity index (χ0n) is 13.4. The molecule has 0 bridgehead atoms. The van der Waals surface area contributed by atoms with E-state index in [4.69, 9.17) is 16.6 Å². The number of carbonyl (C=O) groups excluding carboxylic acids is 1. The molecule has 1 aliphatic heterocycles. The third kappa shape index (κ3) is 4.54. The van der Waals surface area contributed by atoms with Gasteiger partial charge in [-0.2, -0.15) is 10.1 Å². The van der Waals surface area contributed by atoms with Crippen molar-refractivity contribution in [3.63, 3.8) is 0 Å². The van der Waals surface area contributed by atoms with Crippen molar-refractivity contribution in [2.75, 3.05) is 0 Å². The lowest BCUT2D eigenvalue weighted by molar-refractivity contribution is -0.402. The van der Waals surface area contributed by atoms with Gasteiger partial charge in [-0.1, -0.05) is 30.0 Å². The van der Waals surface area contributed by atoms with Crippen LogP contribution < -0.4 is 0 Å². The maximum absolute atomic E-state index is 12.9. The summed E-state index contributed by atoms with van der Waals surface area (Å²) >= 11 is 6.21. The number of nitrogens with zero attached hydrogens (tertiary/aromatic N) is 3. The molecule has 2 heterocycles. The van der Waals surface area contributed by atoms with Gasteiger partial charge in [-0.05, 0) is 48.1 Å². The second-order valence-corrected chi connectivity index (χ2v) is 6.78. The van der Waals surface area contributed by atoms with Crippen LogP contribution in [-0.2, 0) is 4.79 Å². The summed E-state index contributed by atoms with van der Waals surface area (Å²) < 4.78 is 18.1. The van der Waals surface area contributed by atoms with Crippen LogP contribution in [0.3, 0.4) is 0 Å². The number of thiocarbonyl (C=S) groups is 1. The number of hydrogen-bond acceptors (Lipinski definition) is 7. The summed E-state index contributed by atoms with van der Waals surface area (Å²) in [6.07, 6.45) is 5.94. The van der Waals surface area contributed by atoms with E-state index in [0.29, 0.717) is 10.5 Å². The van der Waals surface area contributed by atoms with Crippen molar-refractivity contribution < 1.29 is 18.5 Å². The molecule has 1 saturated heterocycles. The molecule has 1 amide bonds. The predicted molar refractivity (Wildman–Crippen MR) is 104 cm³/mol. The lowest BCUT2D eigenvalue weighted by Crippen LogP contribution is -2.22. The minimum Gasteiger partial charge on any atom is -0.401 e. The van der Waals surface area contributed by atoms with Crippen LogP contribution in [-0.4, -0.2) is 26.4 Å². The number of thioether (sulfide) groups is 1. The van der Waals surface area contributed by atoms with Gasteiger partial charge in [0.15, 0.2) is 4.32 Å². The van der Waals surface area contributed by atoms with E-state index in [1.165, 1.54) is 60.8 Å². The summed E-state index contributed by atoms with van der Waals surface area (Å²) in [4.78, 5) is 22.6. The molecular weight excluding hydrogens is 393 g/mol. The molecule has 136 valence electrons. The van der Waals surface area contributed by atoms with Crippen LogP contribution in [0, 0.1) is 15.9 Å². The molecule has 1 aliphatic rings. The molecule has 0 N–H and O–H groups in total. The molecule has 2 aromatic rings. The second kappa shape index (κ2) is 8.06. The standard InChI is InChI=1S/C17H10FN3O4S2/c18-12-6-4-11(5-7-12)10-19-20-16(22)14(27-17(20)26)3-1-2-13-8-9-15(25-13)21(23)24/h1-10H/b2-1+,14-3+,19-10+. The van der Waals surface area contributed by atoms with Gasteiger partial charge in [0.2, 0.25) is 0 Å². The van der Waals surface area contributed by atoms with Crippen molar-refractivity contribution in [2.45, 2.75) is 0 Å². The largest absolute Gasteiger partial charge is 0.433 e. The number of hydrazone groups is 1. The van der Waals surface area contributed by atoms with Gasteiger partial charge in [0.05, 0.1) is 17.2 Å². The number of carbonyl (C=O) groups is 1. The highest BCUT2D eigenvalue weighted by atomic mass is 32.2. The fraction of sp³-hybridized carbons (Fsp3) is 0. The smallest absolute Gasteiger partial charge is 0.401 e. The molecular formula is C17H10FN3O4S2. The van der Waals surface area contributed by atoms with Crippen LogP contribution in [0.15, 0.2) is 63.0 Å². The molecule has 0 unspecified atom stereocenters. The highest BCUT2D eigenvalue weighted by Gasteiger charge is 2.31. The molecule has 1 fully saturated rings. The number of rotatable bonds is 5. The third-order valence-electron chi connectivity index (χ3n) is 3.27. The lowest BCUT2D eigenvalue weighted by atomic mass is 10.2. The van der Waals surface area contributed by atoms with Gasteiger partial charge in [-0.25, -0.2) is 4.39 Å².